The van der Waals surface area contributed by atoms with E-state index in [-0.39, 0.29) is 5.96 Å². The number of nitrogens with one attached hydrogen (secondary N) is 2. The van der Waals surface area contributed by atoms with Gasteiger partial charge in [0.15, 0.2) is 5.96 Å². The third-order valence-electron chi connectivity index (χ3n) is 2.97. The maximum absolute atomic E-state index is 11.8. The van der Waals surface area contributed by atoms with Gasteiger partial charge in [-0.1, -0.05) is 32.4 Å². The monoisotopic (exact) mass is 262 g/mol. The maximum atomic E-state index is 11.8. The van der Waals surface area contributed by atoms with Crippen LogP contribution in [-0.2, 0) is 12.8 Å². The van der Waals surface area contributed by atoms with E-state index in [0.29, 0.717) is 0 Å². The smallest absolute Gasteiger partial charge is 0.328 e. The van der Waals surface area contributed by atoms with Crippen LogP contribution in [0.1, 0.15) is 31.4 Å². The minimum absolute atomic E-state index is 0.350. The summed E-state index contributed by atoms with van der Waals surface area (Å²) in [6, 6.07) is 5.72. The summed E-state index contributed by atoms with van der Waals surface area (Å²) in [7, 11) is 1.67. The second kappa shape index (κ2) is 6.78. The number of carbonyl (C=O) groups is 1. The van der Waals surface area contributed by atoms with Gasteiger partial charge in [-0.05, 0) is 30.0 Å². The molecular weight excluding hydrogens is 240 g/mol. The minimum atomic E-state index is -0.398. The number of nitrogens with zero attached hydrogens (tertiary/aromatic N) is 1. The number of anilines is 1. The first-order valence-electron chi connectivity index (χ1n) is 6.50. The molecule has 0 radical (unpaired) electrons. The number of nitrogens with two attached hydrogens (primary N) is 1. The molecule has 5 nitrogen and oxygen atoms in total. The molecule has 0 aliphatic carbocycles. The van der Waals surface area contributed by atoms with Gasteiger partial charge in [0.2, 0.25) is 0 Å². The second-order valence-corrected chi connectivity index (χ2v) is 4.47. The van der Waals surface area contributed by atoms with Gasteiger partial charge in [-0.2, -0.15) is 0 Å². The molecule has 0 atom stereocenters. The quantitative estimate of drug-likeness (QED) is 0.574. The van der Waals surface area contributed by atoms with Crippen molar-refractivity contribution in [3.05, 3.63) is 29.3 Å². The topological polar surface area (TPSA) is 82.2 Å². The third kappa shape index (κ3) is 3.98. The fourth-order valence-electron chi connectivity index (χ4n) is 2.00. The van der Waals surface area contributed by atoms with Crippen molar-refractivity contribution in [3.63, 3.8) is 0 Å². The number of rotatable bonds is 4. The van der Waals surface area contributed by atoms with Crippen molar-refractivity contribution < 1.29 is 4.79 Å². The summed E-state index contributed by atoms with van der Waals surface area (Å²) in [4.78, 5) is 13.3. The van der Waals surface area contributed by atoms with Crippen LogP contribution in [0.5, 0.6) is 0 Å². The molecule has 1 rings (SSSR count). The highest BCUT2D eigenvalue weighted by Gasteiger charge is 2.14. The van der Waals surface area contributed by atoms with Crippen LogP contribution in [0.4, 0.5) is 10.5 Å². The number of guanidine groups is 1. The van der Waals surface area contributed by atoms with Gasteiger partial charge >= 0.3 is 6.03 Å². The summed E-state index contributed by atoms with van der Waals surface area (Å²) in [6.07, 6.45) is 2.99. The Morgan fingerprint density at radius 1 is 1.42 bits per heavy atom. The van der Waals surface area contributed by atoms with Crippen LogP contribution in [-0.4, -0.2) is 19.0 Å². The molecule has 19 heavy (non-hydrogen) atoms. The molecule has 2 amide bonds. The Morgan fingerprint density at radius 2 is 2.11 bits per heavy atom. The Bertz CT molecular complexity index is 471. The first-order chi connectivity index (χ1) is 8.99. The zero-order chi connectivity index (χ0) is 14.4. The average Bonchev–Trinajstić information content (AvgIpc) is 2.37. The van der Waals surface area contributed by atoms with Gasteiger partial charge in [0.05, 0.1) is 0 Å². The van der Waals surface area contributed by atoms with Gasteiger partial charge in [0.25, 0.3) is 0 Å². The van der Waals surface area contributed by atoms with Gasteiger partial charge in [0, 0.05) is 12.7 Å². The molecule has 0 aliphatic rings. The van der Waals surface area contributed by atoms with Gasteiger partial charge in [-0.3, -0.25) is 15.6 Å². The molecule has 0 aliphatic heterocycles. The van der Waals surface area contributed by atoms with E-state index >= 15 is 0 Å². The third-order valence-corrected chi connectivity index (χ3v) is 2.97. The predicted molar refractivity (Wildman–Crippen MR) is 78.7 cm³/mol. The molecule has 0 aromatic heterocycles. The number of hydrogen-bond donors (Lipinski definition) is 3. The standard InChI is InChI=1S/C14H22N4O/c1-4-6-10-7-8-12(11(5-2)9-10)18(3)14(19)17-13(15)16/h7-9H,4-6H2,1-3H3,(H4,15,16,17,19). The van der Waals surface area contributed by atoms with Crippen molar-refractivity contribution in [2.24, 2.45) is 5.73 Å². The first-order valence-corrected chi connectivity index (χ1v) is 6.50. The molecular formula is C14H22N4O. The lowest BCUT2D eigenvalue weighted by Gasteiger charge is -2.21. The van der Waals surface area contributed by atoms with Crippen LogP contribution >= 0.6 is 0 Å². The van der Waals surface area contributed by atoms with Crippen LogP contribution in [0.15, 0.2) is 18.2 Å². The molecule has 5 heteroatoms. The average molecular weight is 262 g/mol. The zero-order valence-corrected chi connectivity index (χ0v) is 11.8. The highest BCUT2D eigenvalue weighted by Crippen LogP contribution is 2.22. The second-order valence-electron chi connectivity index (χ2n) is 4.47. The largest absolute Gasteiger partial charge is 0.370 e. The molecule has 0 saturated carbocycles. The van der Waals surface area contributed by atoms with Crippen molar-refractivity contribution in [3.8, 4) is 0 Å². The predicted octanol–water partition coefficient (Wildman–Crippen LogP) is 2.24. The first kappa shape index (κ1) is 15.0. The van der Waals surface area contributed by atoms with Crippen molar-refractivity contribution >= 4 is 17.7 Å². The summed E-state index contributed by atoms with van der Waals surface area (Å²) in [5, 5.41) is 9.37. The molecule has 0 saturated heterocycles. The van der Waals surface area contributed by atoms with Crippen molar-refractivity contribution in [2.45, 2.75) is 33.1 Å². The Morgan fingerprint density at radius 3 is 2.63 bits per heavy atom. The van der Waals surface area contributed by atoms with E-state index < -0.39 is 6.03 Å². The normalized spacial score (nSPS) is 10.1. The number of aryl methyl sites for hydroxylation is 2. The molecule has 0 bridgehead atoms. The molecule has 1 aromatic rings. The van der Waals surface area contributed by atoms with Crippen LogP contribution < -0.4 is 16.0 Å². The maximum Gasteiger partial charge on any atom is 0.328 e. The minimum Gasteiger partial charge on any atom is -0.370 e. The van der Waals surface area contributed by atoms with E-state index in [1.54, 1.807) is 7.05 Å². The van der Waals surface area contributed by atoms with Crippen LogP contribution in [0.2, 0.25) is 0 Å². The summed E-state index contributed by atoms with van der Waals surface area (Å²) in [5.74, 6) is -0.350. The van der Waals surface area contributed by atoms with E-state index in [1.807, 2.05) is 12.1 Å². The highest BCUT2D eigenvalue weighted by atomic mass is 16.2. The van der Waals surface area contributed by atoms with Crippen molar-refractivity contribution in [2.75, 3.05) is 11.9 Å². The van der Waals surface area contributed by atoms with Crippen LogP contribution in [0.25, 0.3) is 0 Å². The molecule has 0 fully saturated rings. The molecule has 0 unspecified atom stereocenters. The SMILES string of the molecule is CCCc1ccc(N(C)C(=O)NC(=N)N)c(CC)c1. The lowest BCUT2D eigenvalue weighted by Crippen LogP contribution is -2.44. The molecule has 0 spiro atoms. The van der Waals surface area contributed by atoms with Crippen LogP contribution in [0, 0.1) is 5.41 Å². The van der Waals surface area contributed by atoms with E-state index in [2.05, 4.69) is 25.2 Å². The molecule has 104 valence electrons. The fourth-order valence-corrected chi connectivity index (χ4v) is 2.00. The molecule has 1 aromatic carbocycles. The summed E-state index contributed by atoms with van der Waals surface area (Å²) >= 11 is 0. The zero-order valence-electron chi connectivity index (χ0n) is 11.8. The van der Waals surface area contributed by atoms with Gasteiger partial charge < -0.3 is 5.73 Å². The number of benzene rings is 1. The lowest BCUT2D eigenvalue weighted by molar-refractivity contribution is 0.251. The van der Waals surface area contributed by atoms with Gasteiger partial charge in [-0.25, -0.2) is 4.79 Å². The van der Waals surface area contributed by atoms with E-state index in [0.717, 1.165) is 30.5 Å². The lowest BCUT2D eigenvalue weighted by atomic mass is 10.0. The number of amides is 2. The van der Waals surface area contributed by atoms with Crippen LogP contribution in [0.3, 0.4) is 0 Å². The van der Waals surface area contributed by atoms with Gasteiger partial charge in [0.1, 0.15) is 0 Å². The summed E-state index contributed by atoms with van der Waals surface area (Å²) in [6.45, 7) is 4.21. The molecule has 0 heterocycles. The van der Waals surface area contributed by atoms with Gasteiger partial charge in [-0.15, -0.1) is 0 Å². The van der Waals surface area contributed by atoms with Crippen molar-refractivity contribution in [1.29, 1.82) is 5.41 Å². The molecule has 4 N–H and O–H groups in total. The van der Waals surface area contributed by atoms with E-state index in [1.165, 1.54) is 10.5 Å². The number of urea groups is 1. The Hall–Kier alpha value is -2.04. The Kier molecular flexibility index (Phi) is 5.36. The number of carbonyl (C=O) groups excluding carboxylic acids is 1. The Labute approximate surface area is 114 Å². The number of hydrogen-bond acceptors (Lipinski definition) is 2. The van der Waals surface area contributed by atoms with E-state index in [9.17, 15) is 4.79 Å². The summed E-state index contributed by atoms with van der Waals surface area (Å²) in [5.41, 5.74) is 8.42. The van der Waals surface area contributed by atoms with Crippen molar-refractivity contribution in [1.82, 2.24) is 5.32 Å². The fraction of sp³-hybridized carbons (Fsp3) is 0.429. The van der Waals surface area contributed by atoms with E-state index in [4.69, 9.17) is 11.1 Å². The highest BCUT2D eigenvalue weighted by molar-refractivity contribution is 6.02. The summed E-state index contributed by atoms with van der Waals surface area (Å²) < 4.78 is 0. The Balaban J connectivity index is 2.98.